The van der Waals surface area contributed by atoms with E-state index in [1.165, 1.54) is 5.69 Å². The molecule has 7 rings (SSSR count). The van der Waals surface area contributed by atoms with E-state index in [1.807, 2.05) is 36.4 Å². The zero-order valence-corrected chi connectivity index (χ0v) is 27.0. The molecule has 0 bridgehead atoms. The summed E-state index contributed by atoms with van der Waals surface area (Å²) < 4.78 is 44.5. The van der Waals surface area contributed by atoms with Gasteiger partial charge in [-0.25, -0.2) is 0 Å². The number of halogens is 2. The number of hydrogen-bond acceptors (Lipinski definition) is 11. The molecule has 3 atom stereocenters. The van der Waals surface area contributed by atoms with E-state index < -0.39 is 6.29 Å². The van der Waals surface area contributed by atoms with Crippen LogP contribution in [-0.2, 0) is 9.47 Å². The number of nitrogens with one attached hydrogen (secondary N) is 1. The van der Waals surface area contributed by atoms with Crippen LogP contribution in [-0.4, -0.2) is 84.2 Å². The molecule has 0 spiro atoms. The van der Waals surface area contributed by atoms with Gasteiger partial charge in [-0.15, -0.1) is 0 Å². The number of ether oxygens (including phenoxy) is 8. The number of benzene rings is 3. The maximum atomic E-state index is 8.75. The maximum absolute atomic E-state index is 8.75. The van der Waals surface area contributed by atoms with E-state index in [0.29, 0.717) is 24.7 Å². The van der Waals surface area contributed by atoms with Gasteiger partial charge in [0.25, 0.3) is 18.9 Å². The Balaban J connectivity index is 0.000000132. The van der Waals surface area contributed by atoms with E-state index in [-0.39, 0.29) is 19.2 Å². The molecule has 4 aliphatic rings. The molecule has 11 nitrogen and oxygen atoms in total. The zero-order valence-electron chi connectivity index (χ0n) is 23.8. The lowest BCUT2D eigenvalue weighted by atomic mass is 10.2. The Bertz CT molecular complexity index is 1360. The number of nitrogens with zero attached hydrogens (tertiary/aromatic N) is 1. The van der Waals surface area contributed by atoms with Crippen molar-refractivity contribution in [3.8, 4) is 34.5 Å². The number of rotatable bonds is 6. The summed E-state index contributed by atoms with van der Waals surface area (Å²) in [6.07, 6.45) is -1.17. The molecular weight excluding hydrogens is 692 g/mol. The minimum atomic E-state index is -0.547. The van der Waals surface area contributed by atoms with Crippen molar-refractivity contribution >= 4 is 37.5 Å². The quantitative estimate of drug-likeness (QED) is 0.373. The summed E-state index contributed by atoms with van der Waals surface area (Å²) in [6.45, 7) is 4.86. The zero-order chi connectivity index (χ0) is 30.2. The van der Waals surface area contributed by atoms with Crippen LogP contribution in [0.5, 0.6) is 34.5 Å². The maximum Gasteiger partial charge on any atom is 0.264 e. The molecule has 232 valence electrons. The van der Waals surface area contributed by atoms with Crippen LogP contribution in [0.25, 0.3) is 0 Å². The molecule has 0 saturated carbocycles. The van der Waals surface area contributed by atoms with Crippen LogP contribution in [0.1, 0.15) is 0 Å². The Morgan fingerprint density at radius 3 is 1.63 bits per heavy atom. The molecule has 0 aliphatic carbocycles. The van der Waals surface area contributed by atoms with Crippen molar-refractivity contribution < 1.29 is 43.0 Å². The summed E-state index contributed by atoms with van der Waals surface area (Å²) in [5.41, 5.74) is 1.19. The smallest absolute Gasteiger partial charge is 0.264 e. The summed E-state index contributed by atoms with van der Waals surface area (Å²) in [7, 11) is 3.26. The molecule has 0 aromatic heterocycles. The second kappa shape index (κ2) is 15.2. The number of anilines is 1. The highest BCUT2D eigenvalue weighted by molar-refractivity contribution is 9.10. The molecule has 43 heavy (non-hydrogen) atoms. The average molecular weight is 726 g/mol. The van der Waals surface area contributed by atoms with Gasteiger partial charge in [-0.3, -0.25) is 0 Å². The van der Waals surface area contributed by atoms with Crippen LogP contribution in [0.2, 0.25) is 0 Å². The molecule has 3 aromatic carbocycles. The van der Waals surface area contributed by atoms with E-state index in [0.717, 1.165) is 58.1 Å². The highest BCUT2D eigenvalue weighted by Gasteiger charge is 2.26. The van der Waals surface area contributed by atoms with Gasteiger partial charge in [-0.2, -0.15) is 0 Å². The van der Waals surface area contributed by atoms with E-state index in [4.69, 9.17) is 43.0 Å². The second-order valence-electron chi connectivity index (χ2n) is 9.64. The summed E-state index contributed by atoms with van der Waals surface area (Å²) >= 11 is 6.67. The van der Waals surface area contributed by atoms with Gasteiger partial charge in [0.1, 0.15) is 19.8 Å². The van der Waals surface area contributed by atoms with Crippen molar-refractivity contribution in [2.45, 2.75) is 18.9 Å². The van der Waals surface area contributed by atoms with Crippen molar-refractivity contribution in [1.29, 1.82) is 0 Å². The fourth-order valence-electron chi connectivity index (χ4n) is 4.55. The number of aliphatic hydroxyl groups is 1. The van der Waals surface area contributed by atoms with Crippen molar-refractivity contribution in [3.63, 3.8) is 0 Å². The van der Waals surface area contributed by atoms with Crippen molar-refractivity contribution in [2.75, 3.05) is 65.1 Å². The van der Waals surface area contributed by atoms with Crippen LogP contribution >= 0.6 is 31.9 Å². The summed E-state index contributed by atoms with van der Waals surface area (Å²) in [4.78, 5) is 2.35. The molecule has 0 amide bonds. The number of fused-ring (bicyclic) bond motifs is 3. The second-order valence-corrected chi connectivity index (χ2v) is 11.5. The summed E-state index contributed by atoms with van der Waals surface area (Å²) in [5.74, 6) is 4.49. The summed E-state index contributed by atoms with van der Waals surface area (Å²) in [5, 5.41) is 12.1. The van der Waals surface area contributed by atoms with Gasteiger partial charge in [-0.05, 0) is 48.5 Å². The largest absolute Gasteiger partial charge is 0.448 e. The number of methoxy groups -OCH3 is 2. The molecule has 1 fully saturated rings. The van der Waals surface area contributed by atoms with Gasteiger partial charge >= 0.3 is 0 Å². The molecule has 4 aliphatic heterocycles. The van der Waals surface area contributed by atoms with Crippen molar-refractivity contribution in [1.82, 2.24) is 5.32 Å². The molecular formula is C30H34Br2N2O9. The third-order valence-electron chi connectivity index (χ3n) is 6.53. The predicted octanol–water partition coefficient (Wildman–Crippen LogP) is 4.57. The minimum absolute atomic E-state index is 0.133. The first-order chi connectivity index (χ1) is 20.9. The van der Waals surface area contributed by atoms with E-state index >= 15 is 0 Å². The first-order valence-corrected chi connectivity index (χ1v) is 15.3. The molecule has 2 N–H and O–H groups in total. The Morgan fingerprint density at radius 1 is 0.674 bits per heavy atom. The highest BCUT2D eigenvalue weighted by Crippen LogP contribution is 2.39. The molecule has 1 saturated heterocycles. The lowest BCUT2D eigenvalue weighted by molar-refractivity contribution is -0.0175. The lowest BCUT2D eigenvalue weighted by Gasteiger charge is -2.29. The average Bonchev–Trinajstić information content (AvgIpc) is 3.73. The third kappa shape index (κ3) is 8.37. The first-order valence-electron chi connectivity index (χ1n) is 13.7. The molecule has 3 unspecified atom stereocenters. The standard InChI is InChI=1S/C13H18N2O3.C9H9BrO3.C8H7BrO3/c1-16-9-13-17-11-3-2-10(8-12(11)18-13)15-6-4-14-5-7-15;1-11-5-9-12-7-3-2-6(10)4-8(7)13-9;9-5-1-2-6-7(3-5)12-8(4-10)11-6/h2-3,8,13-14H,4-7,9H2,1H3;2-4,9H,5H2,1H3;1-3,8,10H,4H2. The van der Waals surface area contributed by atoms with Crippen molar-refractivity contribution in [2.24, 2.45) is 0 Å². The Kier molecular flexibility index (Phi) is 11.1. The highest BCUT2D eigenvalue weighted by atomic mass is 79.9. The third-order valence-corrected chi connectivity index (χ3v) is 7.51. The predicted molar refractivity (Wildman–Crippen MR) is 166 cm³/mol. The van der Waals surface area contributed by atoms with E-state index in [9.17, 15) is 0 Å². The van der Waals surface area contributed by atoms with Crippen LogP contribution in [0.4, 0.5) is 5.69 Å². The topological polar surface area (TPSA) is 109 Å². The van der Waals surface area contributed by atoms with E-state index in [1.54, 1.807) is 20.3 Å². The Labute approximate surface area is 267 Å². The fraction of sp³-hybridized carbons (Fsp3) is 0.400. The van der Waals surface area contributed by atoms with Crippen LogP contribution in [0, 0.1) is 0 Å². The van der Waals surface area contributed by atoms with Crippen LogP contribution in [0.3, 0.4) is 0 Å². The summed E-state index contributed by atoms with van der Waals surface area (Å²) in [6, 6.07) is 17.3. The SMILES string of the molecule is COCC1Oc2ccc(Br)cc2O1.COCC1Oc2ccc(N3CCNCC3)cc2O1.OCC1Oc2ccc(Br)cc2O1. The Morgan fingerprint density at radius 2 is 1.12 bits per heavy atom. The van der Waals surface area contributed by atoms with Crippen LogP contribution < -0.4 is 38.6 Å². The van der Waals surface area contributed by atoms with E-state index in [2.05, 4.69) is 54.2 Å². The fourth-order valence-corrected chi connectivity index (χ4v) is 5.23. The molecule has 13 heteroatoms. The Hall–Kier alpha value is -2.94. The molecule has 4 heterocycles. The van der Waals surface area contributed by atoms with Crippen LogP contribution in [0.15, 0.2) is 63.5 Å². The van der Waals surface area contributed by atoms with Gasteiger partial charge in [0.2, 0.25) is 0 Å². The number of hydrogen-bond donors (Lipinski definition) is 2. The molecule has 3 aromatic rings. The van der Waals surface area contributed by atoms with Gasteiger partial charge in [0, 0.05) is 61.1 Å². The van der Waals surface area contributed by atoms with Gasteiger partial charge in [0.15, 0.2) is 34.5 Å². The minimum Gasteiger partial charge on any atom is -0.448 e. The monoisotopic (exact) mass is 724 g/mol. The van der Waals surface area contributed by atoms with Gasteiger partial charge in [0.05, 0.1) is 0 Å². The normalized spacial score (nSPS) is 20.6. The number of piperazine rings is 1. The van der Waals surface area contributed by atoms with Gasteiger partial charge in [-0.1, -0.05) is 31.9 Å². The van der Waals surface area contributed by atoms with Gasteiger partial charge < -0.3 is 53.2 Å². The lowest BCUT2D eigenvalue weighted by Crippen LogP contribution is -2.43. The number of aliphatic hydroxyl groups excluding tert-OH is 1. The molecule has 0 radical (unpaired) electrons. The first kappa shape index (κ1) is 31.5. The van der Waals surface area contributed by atoms with Crippen molar-refractivity contribution in [3.05, 3.63) is 63.5 Å².